The van der Waals surface area contributed by atoms with Gasteiger partial charge in [0.05, 0.1) is 12.1 Å². The number of alkyl halides is 3. The van der Waals surface area contributed by atoms with Gasteiger partial charge in [-0.3, -0.25) is 0 Å². The van der Waals surface area contributed by atoms with Gasteiger partial charge in [0.15, 0.2) is 5.75 Å². The Morgan fingerprint density at radius 3 is 2.37 bits per heavy atom. The largest absolute Gasteiger partial charge is 0.534 e. The Labute approximate surface area is 171 Å². The summed E-state index contributed by atoms with van der Waals surface area (Å²) in [4.78, 5) is 0. The van der Waals surface area contributed by atoms with Crippen LogP contribution >= 0.6 is 0 Å². The summed E-state index contributed by atoms with van der Waals surface area (Å²) in [7, 11) is -6.01. The van der Waals surface area contributed by atoms with E-state index in [1.807, 2.05) is 26.8 Å². The molecule has 1 aliphatic rings. The zero-order valence-corrected chi connectivity index (χ0v) is 17.1. The lowest BCUT2D eigenvalue weighted by atomic mass is 9.85. The van der Waals surface area contributed by atoms with Crippen LogP contribution in [0, 0.1) is 5.82 Å². The minimum absolute atomic E-state index is 0.103. The number of nitrogens with one attached hydrogen (secondary N) is 1. The number of hydrogen-bond acceptors (Lipinski definition) is 5. The standard InChI is InChI=1S/C20H19F4NO4S/c1-11-9-19(2,3)25-16-7-6-13(15(10-26)18(11)16)14-5-4-12(21)8-17(14)29-30(27,28)20(22,23)24/h4-9,25-26H,10H2,1-3H3. The molecule has 0 saturated carbocycles. The maximum atomic E-state index is 13.7. The zero-order chi connectivity index (χ0) is 22.5. The minimum Gasteiger partial charge on any atom is -0.392 e. The fraction of sp³-hybridized carbons (Fsp3) is 0.300. The fourth-order valence-corrected chi connectivity index (χ4v) is 4.04. The third-order valence-electron chi connectivity index (χ3n) is 4.62. The first-order chi connectivity index (χ1) is 13.8. The summed E-state index contributed by atoms with van der Waals surface area (Å²) in [5.74, 6) is -1.80. The van der Waals surface area contributed by atoms with Gasteiger partial charge in [0.1, 0.15) is 5.82 Å². The molecule has 2 aromatic carbocycles. The number of fused-ring (bicyclic) bond motifs is 1. The number of halogens is 4. The van der Waals surface area contributed by atoms with E-state index in [4.69, 9.17) is 0 Å². The summed E-state index contributed by atoms with van der Waals surface area (Å²) in [6.45, 7) is 5.22. The fourth-order valence-electron chi connectivity index (χ4n) is 3.57. The molecule has 2 aromatic rings. The van der Waals surface area contributed by atoms with E-state index in [0.29, 0.717) is 22.9 Å². The van der Waals surface area contributed by atoms with Crippen molar-refractivity contribution in [2.24, 2.45) is 0 Å². The molecule has 0 unspecified atom stereocenters. The van der Waals surface area contributed by atoms with Gasteiger partial charge in [-0.15, -0.1) is 0 Å². The van der Waals surface area contributed by atoms with Crippen molar-refractivity contribution < 1.29 is 35.3 Å². The molecule has 30 heavy (non-hydrogen) atoms. The van der Waals surface area contributed by atoms with E-state index in [-0.39, 0.29) is 16.7 Å². The van der Waals surface area contributed by atoms with Gasteiger partial charge in [-0.1, -0.05) is 12.1 Å². The van der Waals surface area contributed by atoms with Gasteiger partial charge < -0.3 is 14.6 Å². The molecular weight excluding hydrogens is 426 g/mol. The molecule has 3 rings (SSSR count). The second kappa shape index (κ2) is 7.28. The van der Waals surface area contributed by atoms with Crippen LogP contribution in [0.1, 0.15) is 31.9 Å². The molecule has 0 aromatic heterocycles. The van der Waals surface area contributed by atoms with Gasteiger partial charge in [-0.2, -0.15) is 21.6 Å². The van der Waals surface area contributed by atoms with Crippen LogP contribution in [0.4, 0.5) is 23.2 Å². The lowest BCUT2D eigenvalue weighted by Crippen LogP contribution is -2.32. The third kappa shape index (κ3) is 4.01. The second-order valence-electron chi connectivity index (χ2n) is 7.47. The summed E-state index contributed by atoms with van der Waals surface area (Å²) in [5.41, 5.74) is -3.45. The molecule has 5 nitrogen and oxygen atoms in total. The van der Waals surface area contributed by atoms with Gasteiger partial charge in [0.25, 0.3) is 0 Å². The highest BCUT2D eigenvalue weighted by atomic mass is 32.2. The molecule has 10 heteroatoms. The number of allylic oxidation sites excluding steroid dienone is 1. The molecule has 0 aliphatic carbocycles. The van der Waals surface area contributed by atoms with Gasteiger partial charge in [-0.25, -0.2) is 4.39 Å². The first kappa shape index (κ1) is 22.1. The topological polar surface area (TPSA) is 75.6 Å². The average molecular weight is 445 g/mol. The number of aliphatic hydroxyl groups excluding tert-OH is 1. The smallest absolute Gasteiger partial charge is 0.392 e. The highest BCUT2D eigenvalue weighted by molar-refractivity contribution is 7.88. The second-order valence-corrected chi connectivity index (χ2v) is 9.01. The number of benzene rings is 2. The van der Waals surface area contributed by atoms with Crippen molar-refractivity contribution in [1.29, 1.82) is 0 Å². The van der Waals surface area contributed by atoms with Crippen LogP contribution in [-0.2, 0) is 16.7 Å². The Hall–Kier alpha value is -2.59. The molecule has 2 N–H and O–H groups in total. The number of hydrogen-bond donors (Lipinski definition) is 2. The quantitative estimate of drug-likeness (QED) is 0.401. The van der Waals surface area contributed by atoms with Crippen LogP contribution in [0.25, 0.3) is 16.7 Å². The Morgan fingerprint density at radius 2 is 1.77 bits per heavy atom. The van der Waals surface area contributed by atoms with Crippen LogP contribution in [-0.4, -0.2) is 24.6 Å². The maximum absolute atomic E-state index is 13.7. The lowest BCUT2D eigenvalue weighted by molar-refractivity contribution is -0.0500. The molecule has 0 saturated heterocycles. The normalized spacial score (nSPS) is 15.8. The van der Waals surface area contributed by atoms with Gasteiger partial charge in [0, 0.05) is 22.9 Å². The van der Waals surface area contributed by atoms with Crippen molar-refractivity contribution in [2.75, 3.05) is 5.32 Å². The van der Waals surface area contributed by atoms with Crippen LogP contribution in [0.2, 0.25) is 0 Å². The molecule has 0 bridgehead atoms. The first-order valence-corrected chi connectivity index (χ1v) is 10.2. The Morgan fingerprint density at radius 1 is 1.13 bits per heavy atom. The van der Waals surface area contributed by atoms with Crippen molar-refractivity contribution in [3.63, 3.8) is 0 Å². The van der Waals surface area contributed by atoms with Crippen LogP contribution in [0.15, 0.2) is 36.4 Å². The van der Waals surface area contributed by atoms with E-state index in [9.17, 15) is 31.1 Å². The summed E-state index contributed by atoms with van der Waals surface area (Å²) in [5, 5.41) is 13.3. The van der Waals surface area contributed by atoms with Crippen molar-refractivity contribution in [3.8, 4) is 16.9 Å². The molecule has 0 amide bonds. The number of rotatable bonds is 4. The third-order valence-corrected chi connectivity index (χ3v) is 5.58. The van der Waals surface area contributed by atoms with Crippen molar-refractivity contribution in [1.82, 2.24) is 0 Å². The monoisotopic (exact) mass is 445 g/mol. The van der Waals surface area contributed by atoms with Crippen molar-refractivity contribution in [3.05, 3.63) is 53.4 Å². The Kier molecular flexibility index (Phi) is 5.36. The Balaban J connectivity index is 2.22. The molecular formula is C20H19F4NO4S. The minimum atomic E-state index is -6.01. The summed E-state index contributed by atoms with van der Waals surface area (Å²) in [6, 6.07) is 5.80. The van der Waals surface area contributed by atoms with Gasteiger partial charge >= 0.3 is 15.6 Å². The van der Waals surface area contributed by atoms with E-state index in [1.54, 1.807) is 6.07 Å². The molecule has 0 radical (unpaired) electrons. The predicted octanol–water partition coefficient (Wildman–Crippen LogP) is 4.82. The van der Waals surface area contributed by atoms with E-state index >= 15 is 0 Å². The van der Waals surface area contributed by atoms with E-state index in [1.165, 1.54) is 6.07 Å². The highest BCUT2D eigenvalue weighted by Crippen LogP contribution is 2.43. The number of anilines is 1. The summed E-state index contributed by atoms with van der Waals surface area (Å²) in [6.07, 6.45) is 1.93. The maximum Gasteiger partial charge on any atom is 0.534 e. The van der Waals surface area contributed by atoms with Crippen LogP contribution < -0.4 is 9.50 Å². The van der Waals surface area contributed by atoms with Crippen molar-refractivity contribution in [2.45, 2.75) is 38.4 Å². The van der Waals surface area contributed by atoms with Crippen molar-refractivity contribution >= 4 is 21.4 Å². The van der Waals surface area contributed by atoms with Gasteiger partial charge in [-0.05, 0) is 55.7 Å². The summed E-state index contributed by atoms with van der Waals surface area (Å²) >= 11 is 0. The van der Waals surface area contributed by atoms with Crippen LogP contribution in [0.5, 0.6) is 5.75 Å². The Bertz CT molecular complexity index is 1140. The highest BCUT2D eigenvalue weighted by Gasteiger charge is 2.49. The van der Waals surface area contributed by atoms with E-state index in [2.05, 4.69) is 9.50 Å². The predicted molar refractivity (Wildman–Crippen MR) is 105 cm³/mol. The average Bonchev–Trinajstić information content (AvgIpc) is 2.59. The molecule has 162 valence electrons. The van der Waals surface area contributed by atoms with Crippen LogP contribution in [0.3, 0.4) is 0 Å². The summed E-state index contributed by atoms with van der Waals surface area (Å²) < 4.78 is 79.3. The molecule has 1 heterocycles. The van der Waals surface area contributed by atoms with E-state index in [0.717, 1.165) is 17.7 Å². The lowest BCUT2D eigenvalue weighted by Gasteiger charge is -2.33. The molecule has 1 aliphatic heterocycles. The SMILES string of the molecule is CC1=CC(C)(C)Nc2ccc(-c3ccc(F)cc3OS(=O)(=O)C(F)(F)F)c(CO)c21. The molecule has 0 spiro atoms. The molecule has 0 fully saturated rings. The van der Waals surface area contributed by atoms with E-state index < -0.39 is 33.8 Å². The number of aliphatic hydroxyl groups is 1. The first-order valence-electron chi connectivity index (χ1n) is 8.81. The van der Waals surface area contributed by atoms with Gasteiger partial charge in [0.2, 0.25) is 0 Å². The molecule has 0 atom stereocenters. The zero-order valence-electron chi connectivity index (χ0n) is 16.3.